The van der Waals surface area contributed by atoms with Gasteiger partial charge in [0.1, 0.15) is 0 Å². The number of aromatic amines is 1. The first-order valence-electron chi connectivity index (χ1n) is 9.24. The largest absolute Gasteiger partial charge is 0.462 e. The van der Waals surface area contributed by atoms with E-state index in [9.17, 15) is 9.59 Å². The van der Waals surface area contributed by atoms with Gasteiger partial charge >= 0.3 is 5.97 Å². The first-order valence-corrected chi connectivity index (χ1v) is 10.4. The van der Waals surface area contributed by atoms with Crippen LogP contribution in [-0.2, 0) is 16.0 Å². The lowest BCUT2D eigenvalue weighted by molar-refractivity contribution is -0.136. The number of H-pyrrole nitrogens is 1. The van der Waals surface area contributed by atoms with E-state index in [0.717, 1.165) is 20.9 Å². The predicted molar refractivity (Wildman–Crippen MR) is 117 cm³/mol. The number of hydrogen-bond acceptors (Lipinski definition) is 3. The SMILES string of the molecule is CCOC(=O)C1=CN(C(=O)c2cccc(Cl)c2)CCc2c1[nH]c1ccc(Br)cc21. The summed E-state index contributed by atoms with van der Waals surface area (Å²) in [5.41, 5.74) is 3.42. The summed E-state index contributed by atoms with van der Waals surface area (Å²) in [6.45, 7) is 2.44. The van der Waals surface area contributed by atoms with Crippen LogP contribution in [0.1, 0.15) is 28.5 Å². The second-order valence-corrected chi connectivity index (χ2v) is 8.04. The van der Waals surface area contributed by atoms with Gasteiger partial charge in [0.2, 0.25) is 0 Å². The number of nitrogens with zero attached hydrogens (tertiary/aromatic N) is 1. The topological polar surface area (TPSA) is 62.4 Å². The molecule has 0 radical (unpaired) electrons. The molecule has 1 aliphatic rings. The fourth-order valence-corrected chi connectivity index (χ4v) is 4.09. The Kier molecular flexibility index (Phi) is 5.48. The molecule has 4 rings (SSSR count). The molecule has 1 N–H and O–H groups in total. The standard InChI is InChI=1S/C22H18BrClN2O3/c1-2-29-22(28)18-12-26(21(27)13-4-3-5-15(24)10-13)9-8-16-17-11-14(23)6-7-19(17)25-20(16)18/h3-7,10-12,25H,2,8-9H2,1H3. The maximum atomic E-state index is 13.1. The minimum absolute atomic E-state index is 0.218. The Morgan fingerprint density at radius 1 is 1.24 bits per heavy atom. The van der Waals surface area contributed by atoms with Gasteiger partial charge in [0, 0.05) is 38.7 Å². The van der Waals surface area contributed by atoms with E-state index < -0.39 is 5.97 Å². The van der Waals surface area contributed by atoms with Crippen LogP contribution in [0.25, 0.3) is 16.5 Å². The van der Waals surface area contributed by atoms with Crippen molar-refractivity contribution in [3.63, 3.8) is 0 Å². The maximum Gasteiger partial charge on any atom is 0.341 e. The van der Waals surface area contributed by atoms with Crippen molar-refractivity contribution in [2.24, 2.45) is 0 Å². The molecule has 0 unspecified atom stereocenters. The average Bonchev–Trinajstić information content (AvgIpc) is 2.93. The van der Waals surface area contributed by atoms with E-state index in [-0.39, 0.29) is 12.5 Å². The van der Waals surface area contributed by atoms with Crippen LogP contribution < -0.4 is 0 Å². The highest BCUT2D eigenvalue weighted by atomic mass is 79.9. The van der Waals surface area contributed by atoms with Crippen molar-refractivity contribution >= 4 is 55.9 Å². The molecule has 0 atom stereocenters. The molecular formula is C22H18BrClN2O3. The molecule has 0 saturated carbocycles. The third kappa shape index (κ3) is 3.82. The van der Waals surface area contributed by atoms with Crippen molar-refractivity contribution < 1.29 is 14.3 Å². The highest BCUT2D eigenvalue weighted by Gasteiger charge is 2.27. The molecule has 148 valence electrons. The van der Waals surface area contributed by atoms with Crippen molar-refractivity contribution in [2.45, 2.75) is 13.3 Å². The smallest absolute Gasteiger partial charge is 0.341 e. The summed E-state index contributed by atoms with van der Waals surface area (Å²) in [5.74, 6) is -0.685. The second kappa shape index (κ2) is 8.05. The van der Waals surface area contributed by atoms with Crippen LogP contribution in [0.4, 0.5) is 0 Å². The normalized spacial score (nSPS) is 13.6. The van der Waals surface area contributed by atoms with E-state index in [1.807, 2.05) is 18.2 Å². The van der Waals surface area contributed by atoms with E-state index in [2.05, 4.69) is 20.9 Å². The number of halogens is 2. The predicted octanol–water partition coefficient (Wildman–Crippen LogP) is 5.19. The lowest BCUT2D eigenvalue weighted by Crippen LogP contribution is -2.28. The van der Waals surface area contributed by atoms with Crippen LogP contribution in [0.2, 0.25) is 5.02 Å². The number of fused-ring (bicyclic) bond motifs is 3. The van der Waals surface area contributed by atoms with Gasteiger partial charge in [0.15, 0.2) is 0 Å². The first kappa shape index (κ1) is 19.7. The van der Waals surface area contributed by atoms with Gasteiger partial charge in [-0.05, 0) is 55.3 Å². The zero-order chi connectivity index (χ0) is 20.5. The van der Waals surface area contributed by atoms with Crippen LogP contribution in [0.5, 0.6) is 0 Å². The zero-order valence-electron chi connectivity index (χ0n) is 15.7. The summed E-state index contributed by atoms with van der Waals surface area (Å²) in [4.78, 5) is 30.7. The molecule has 0 aliphatic carbocycles. The van der Waals surface area contributed by atoms with Gasteiger partial charge in [-0.25, -0.2) is 4.79 Å². The van der Waals surface area contributed by atoms with E-state index in [1.54, 1.807) is 42.3 Å². The Morgan fingerprint density at radius 2 is 2.07 bits per heavy atom. The van der Waals surface area contributed by atoms with Crippen molar-refractivity contribution in [1.82, 2.24) is 9.88 Å². The number of carbonyl (C=O) groups excluding carboxylic acids is 2. The van der Waals surface area contributed by atoms with Crippen LogP contribution in [0, 0.1) is 0 Å². The quantitative estimate of drug-likeness (QED) is 0.533. The lowest BCUT2D eigenvalue weighted by atomic mass is 10.0. The van der Waals surface area contributed by atoms with Gasteiger partial charge < -0.3 is 14.6 Å². The molecule has 1 aliphatic heterocycles. The van der Waals surface area contributed by atoms with Crippen molar-refractivity contribution in [3.8, 4) is 0 Å². The van der Waals surface area contributed by atoms with Gasteiger partial charge in [-0.2, -0.15) is 0 Å². The Balaban J connectivity index is 1.81. The van der Waals surface area contributed by atoms with Gasteiger partial charge in [0.05, 0.1) is 17.9 Å². The molecule has 2 aromatic carbocycles. The Hall–Kier alpha value is -2.57. The molecule has 29 heavy (non-hydrogen) atoms. The lowest BCUT2D eigenvalue weighted by Gasteiger charge is -2.18. The minimum atomic E-state index is -0.467. The van der Waals surface area contributed by atoms with Gasteiger partial charge in [-0.3, -0.25) is 4.79 Å². The second-order valence-electron chi connectivity index (χ2n) is 6.69. The summed E-state index contributed by atoms with van der Waals surface area (Å²) in [5, 5.41) is 1.50. The molecule has 0 bridgehead atoms. The summed E-state index contributed by atoms with van der Waals surface area (Å²) in [7, 11) is 0. The van der Waals surface area contributed by atoms with Crippen LogP contribution in [0.3, 0.4) is 0 Å². The molecule has 1 amide bonds. The summed E-state index contributed by atoms with van der Waals surface area (Å²) in [6, 6.07) is 12.7. The van der Waals surface area contributed by atoms with E-state index >= 15 is 0 Å². The number of carbonyl (C=O) groups is 2. The Bertz CT molecular complexity index is 1150. The van der Waals surface area contributed by atoms with Crippen molar-refractivity contribution in [1.29, 1.82) is 0 Å². The molecule has 7 heteroatoms. The fraction of sp³-hybridized carbons (Fsp3) is 0.182. The molecule has 0 fully saturated rings. The average molecular weight is 474 g/mol. The maximum absolute atomic E-state index is 13.1. The van der Waals surface area contributed by atoms with Gasteiger partial charge in [-0.1, -0.05) is 33.6 Å². The highest BCUT2D eigenvalue weighted by Crippen LogP contribution is 2.33. The molecule has 0 spiro atoms. The minimum Gasteiger partial charge on any atom is -0.462 e. The van der Waals surface area contributed by atoms with E-state index in [0.29, 0.717) is 34.8 Å². The molecular weight excluding hydrogens is 456 g/mol. The van der Waals surface area contributed by atoms with E-state index in [1.165, 1.54) is 0 Å². The number of benzene rings is 2. The van der Waals surface area contributed by atoms with Crippen LogP contribution in [-0.4, -0.2) is 34.9 Å². The number of hydrogen-bond donors (Lipinski definition) is 1. The van der Waals surface area contributed by atoms with E-state index in [4.69, 9.17) is 16.3 Å². The fourth-order valence-electron chi connectivity index (χ4n) is 3.54. The molecule has 3 aromatic rings. The molecule has 5 nitrogen and oxygen atoms in total. The van der Waals surface area contributed by atoms with Gasteiger partial charge in [0.25, 0.3) is 5.91 Å². The van der Waals surface area contributed by atoms with Crippen molar-refractivity contribution in [2.75, 3.05) is 13.2 Å². The number of rotatable bonds is 3. The number of amides is 1. The number of esters is 1. The molecule has 0 saturated heterocycles. The first-order chi connectivity index (χ1) is 14.0. The third-order valence-corrected chi connectivity index (χ3v) is 5.58. The summed E-state index contributed by atoms with van der Waals surface area (Å²) >= 11 is 9.56. The number of nitrogens with one attached hydrogen (secondary N) is 1. The summed E-state index contributed by atoms with van der Waals surface area (Å²) in [6.07, 6.45) is 2.18. The zero-order valence-corrected chi connectivity index (χ0v) is 18.0. The number of aromatic nitrogens is 1. The Morgan fingerprint density at radius 3 is 2.83 bits per heavy atom. The van der Waals surface area contributed by atoms with Crippen molar-refractivity contribution in [3.05, 3.63) is 75.0 Å². The highest BCUT2D eigenvalue weighted by molar-refractivity contribution is 9.10. The Labute approximate surface area is 181 Å². The summed E-state index contributed by atoms with van der Waals surface area (Å²) < 4.78 is 6.22. The monoisotopic (exact) mass is 472 g/mol. The van der Waals surface area contributed by atoms with Gasteiger partial charge in [-0.15, -0.1) is 0 Å². The third-order valence-electron chi connectivity index (χ3n) is 4.85. The van der Waals surface area contributed by atoms with Crippen LogP contribution in [0.15, 0.2) is 53.1 Å². The van der Waals surface area contributed by atoms with Crippen LogP contribution >= 0.6 is 27.5 Å². The molecule has 1 aromatic heterocycles. The number of ether oxygens (including phenoxy) is 1. The molecule has 2 heterocycles.